The number of nitrogens with one attached hydrogen (secondary N) is 6. The summed E-state index contributed by atoms with van der Waals surface area (Å²) in [6.07, 6.45) is -15.3. The van der Waals surface area contributed by atoms with E-state index in [0.29, 0.717) is 0 Å². The summed E-state index contributed by atoms with van der Waals surface area (Å²) in [4.78, 5) is 126. The van der Waals surface area contributed by atoms with Crippen molar-refractivity contribution in [2.45, 2.75) is 145 Å². The van der Waals surface area contributed by atoms with Crippen LogP contribution in [-0.4, -0.2) is 217 Å². The number of amides is 9. The molecule has 3 aromatic rings. The third-order valence-corrected chi connectivity index (χ3v) is 15.0. The molecule has 28 nitrogen and oxygen atoms in total. The van der Waals surface area contributed by atoms with Gasteiger partial charge in [-0.2, -0.15) is 0 Å². The highest BCUT2D eigenvalue weighted by Crippen LogP contribution is 2.44. The first-order valence-corrected chi connectivity index (χ1v) is 27.8. The molecule has 3 aromatic carbocycles. The molecule has 9 amide bonds. The molecule has 0 bridgehead atoms. The van der Waals surface area contributed by atoms with E-state index in [2.05, 4.69) is 31.9 Å². The van der Waals surface area contributed by atoms with Gasteiger partial charge in [0.25, 0.3) is 0 Å². The van der Waals surface area contributed by atoms with Crippen molar-refractivity contribution in [1.82, 2.24) is 41.7 Å². The summed E-state index contributed by atoms with van der Waals surface area (Å²) < 4.78 is 16.7. The van der Waals surface area contributed by atoms with Crippen LogP contribution in [0.25, 0.3) is 11.1 Å². The highest BCUT2D eigenvalue weighted by atomic mass is 16.6. The maximum atomic E-state index is 14.7. The van der Waals surface area contributed by atoms with Crippen LogP contribution in [0.4, 0.5) is 9.59 Å². The van der Waals surface area contributed by atoms with E-state index < -0.39 is 183 Å². The van der Waals surface area contributed by atoms with Gasteiger partial charge in [-0.1, -0.05) is 61.5 Å². The van der Waals surface area contributed by atoms with Crippen molar-refractivity contribution in [3.63, 3.8) is 0 Å². The number of primary amides is 1. The van der Waals surface area contributed by atoms with Gasteiger partial charge in [-0.3, -0.25) is 33.6 Å². The lowest BCUT2D eigenvalue weighted by Gasteiger charge is -2.33. The highest BCUT2D eigenvalue weighted by molar-refractivity contribution is 5.98. The minimum Gasteiger partial charge on any atom is -0.504 e. The van der Waals surface area contributed by atoms with Crippen LogP contribution in [0.15, 0.2) is 66.7 Å². The first-order valence-electron chi connectivity index (χ1n) is 27.8. The van der Waals surface area contributed by atoms with Crippen molar-refractivity contribution in [2.75, 3.05) is 39.4 Å². The Labute approximate surface area is 488 Å². The molecule has 1 aliphatic carbocycles. The number of phenols is 1. The molecule has 0 spiro atoms. The van der Waals surface area contributed by atoms with Gasteiger partial charge >= 0.3 is 12.2 Å². The third-order valence-electron chi connectivity index (χ3n) is 15.0. The lowest BCUT2D eigenvalue weighted by molar-refractivity contribution is -0.147. The van der Waals surface area contributed by atoms with E-state index in [-0.39, 0.29) is 42.7 Å². The van der Waals surface area contributed by atoms with E-state index >= 15 is 0 Å². The smallest absolute Gasteiger partial charge is 0.408 e. The van der Waals surface area contributed by atoms with Crippen molar-refractivity contribution in [3.05, 3.63) is 83.4 Å². The van der Waals surface area contributed by atoms with Gasteiger partial charge in [0.2, 0.25) is 41.4 Å². The van der Waals surface area contributed by atoms with E-state index in [0.717, 1.165) is 39.0 Å². The number of alkyl carbamates (subject to hydrolysis) is 2. The Morgan fingerprint density at radius 3 is 2.01 bits per heavy atom. The molecule has 3 aliphatic heterocycles. The molecule has 3 heterocycles. The number of carbonyl (C=O) groups excluding carboxylic acids is 9. The van der Waals surface area contributed by atoms with E-state index in [1.54, 1.807) is 0 Å². The first-order chi connectivity index (χ1) is 40.1. The van der Waals surface area contributed by atoms with Gasteiger partial charge in [0, 0.05) is 50.7 Å². The number of hydrogen-bond donors (Lipinski definition) is 14. The van der Waals surface area contributed by atoms with Gasteiger partial charge in [-0.25, -0.2) is 9.59 Å². The summed E-state index contributed by atoms with van der Waals surface area (Å²) in [5.41, 5.74) is 8.59. The number of rotatable bonds is 14. The van der Waals surface area contributed by atoms with E-state index in [1.807, 2.05) is 48.5 Å². The summed E-state index contributed by atoms with van der Waals surface area (Å²) >= 11 is 0. The molecule has 15 N–H and O–H groups in total. The number of aromatic hydroxyl groups is 1. The minimum absolute atomic E-state index is 0.0458. The molecule has 4 aliphatic rings. The zero-order valence-corrected chi connectivity index (χ0v) is 47.5. The Balaban J connectivity index is 1.15. The standard InChI is InChI=1S/C57H75N9O19/c1-27-24-66-47(48(27)74)52(78)60-23-30(68)20-37(61-56(82)85-57(3,4)5)49(75)62-44(28(2)67)53(79)65-25-31(69)21-38(65)50(76)63-45(51(77)64-46(54(66)80)41(72)22-43(58)73)40(71)18-29-14-15-39(70)42(19-29)83-17-16-59-55(81)84-26-36-34-12-8-6-10-32(34)33-11-7-9-13-35(33)36/h6-15,19,27-28,30-31,36-38,40-41,44-48,67-72,74H,16-18,20-26H2,1-5H3,(H2,58,73)(H,59,81)(H,60,78)(H,61,82)(H,62,75)(H,63,76)(H,64,77)/t27-,28+,30+,31+,37-,38-,40+,41+,44-,45-,46-,47-,48-/m0/s1. The van der Waals surface area contributed by atoms with Crippen LogP contribution in [0, 0.1) is 5.92 Å². The van der Waals surface area contributed by atoms with E-state index in [4.69, 9.17) is 19.9 Å². The van der Waals surface area contributed by atoms with E-state index in [9.17, 15) is 78.9 Å². The van der Waals surface area contributed by atoms with Crippen LogP contribution >= 0.6 is 0 Å². The molecule has 3 saturated heterocycles. The molecule has 0 unspecified atom stereocenters. The van der Waals surface area contributed by atoms with Gasteiger partial charge in [0.05, 0.1) is 49.6 Å². The maximum absolute atomic E-state index is 14.7. The van der Waals surface area contributed by atoms with Crippen LogP contribution in [-0.2, 0) is 49.5 Å². The zero-order chi connectivity index (χ0) is 62.2. The Kier molecular flexibility index (Phi) is 21.0. The van der Waals surface area contributed by atoms with Crippen LogP contribution in [0.3, 0.4) is 0 Å². The van der Waals surface area contributed by atoms with Gasteiger partial charge in [-0.05, 0) is 67.6 Å². The Bertz CT molecular complexity index is 2930. The predicted octanol–water partition coefficient (Wildman–Crippen LogP) is -2.77. The number of ether oxygens (including phenoxy) is 3. The quantitative estimate of drug-likeness (QED) is 0.0727. The van der Waals surface area contributed by atoms with Crippen molar-refractivity contribution >= 4 is 53.5 Å². The summed E-state index contributed by atoms with van der Waals surface area (Å²) in [6.45, 7) is 5.21. The predicted molar refractivity (Wildman–Crippen MR) is 297 cm³/mol. The number of aliphatic hydroxyl groups excluding tert-OH is 6. The number of phenolic OH excluding ortho intramolecular Hbond substituents is 1. The minimum atomic E-state index is -2.20. The SMILES string of the molecule is C[C@@H](O)[C@@H]1NC(=O)[C@@H](NC(=O)OC(C)(C)C)C[C@@H](O)CNC(=O)[C@@H]2[C@@H](O)[C@@H](C)CN2C(=O)[C@H]([C@H](O)CC(N)=O)NC(=O)[C@H]([C@H](O)Cc2ccc(O)c(OCCNC(=O)OCC3c4ccccc4-c4ccccc43)c2)NC(=O)[C@@H]2C[C@@H](O)CN2C1=O. The fraction of sp³-hybridized carbons (Fsp3) is 0.526. The summed E-state index contributed by atoms with van der Waals surface area (Å²) in [5.74, 6) is -10.1. The van der Waals surface area contributed by atoms with Crippen LogP contribution in [0.2, 0.25) is 0 Å². The van der Waals surface area contributed by atoms with Gasteiger partial charge < -0.3 is 97.4 Å². The molecule has 0 saturated carbocycles. The lowest BCUT2D eigenvalue weighted by Crippen LogP contribution is -2.64. The Morgan fingerprint density at radius 2 is 1.38 bits per heavy atom. The monoisotopic (exact) mass is 1190 g/mol. The zero-order valence-electron chi connectivity index (χ0n) is 47.5. The Morgan fingerprint density at radius 1 is 0.753 bits per heavy atom. The average molecular weight is 1190 g/mol. The Hall–Kier alpha value is -8.15. The number of carbonyl (C=O) groups is 9. The number of benzene rings is 3. The molecular formula is C57H75N9O19. The number of aliphatic hydroxyl groups is 6. The topological polar surface area (TPSA) is 428 Å². The number of hydrogen-bond acceptors (Lipinski definition) is 19. The van der Waals surface area contributed by atoms with Crippen LogP contribution in [0.1, 0.15) is 76.5 Å². The van der Waals surface area contributed by atoms with Crippen LogP contribution in [0.5, 0.6) is 11.5 Å². The first kappa shape index (κ1) is 64.4. The fourth-order valence-corrected chi connectivity index (χ4v) is 10.8. The molecule has 3 fully saturated rings. The second-order valence-electron chi connectivity index (χ2n) is 22.7. The summed E-state index contributed by atoms with van der Waals surface area (Å²) in [6, 6.07) is 7.86. The number of fused-ring (bicyclic) bond motifs is 5. The molecular weight excluding hydrogens is 1110 g/mol. The number of nitrogens with two attached hydrogens (primary N) is 1. The largest absolute Gasteiger partial charge is 0.504 e. The summed E-state index contributed by atoms with van der Waals surface area (Å²) in [7, 11) is 0. The van der Waals surface area contributed by atoms with Crippen molar-refractivity contribution in [3.8, 4) is 22.6 Å². The molecule has 0 radical (unpaired) electrons. The molecule has 462 valence electrons. The normalized spacial score (nSPS) is 26.3. The maximum Gasteiger partial charge on any atom is 0.408 e. The average Bonchev–Trinajstić information content (AvgIpc) is 2.42. The van der Waals surface area contributed by atoms with Crippen molar-refractivity contribution in [2.24, 2.45) is 11.7 Å². The van der Waals surface area contributed by atoms with Gasteiger partial charge in [0.1, 0.15) is 55.1 Å². The van der Waals surface area contributed by atoms with E-state index in [1.165, 1.54) is 45.9 Å². The van der Waals surface area contributed by atoms with Gasteiger partial charge in [-0.15, -0.1) is 0 Å². The fourth-order valence-electron chi connectivity index (χ4n) is 10.8. The molecule has 7 rings (SSSR count). The number of nitrogens with zero attached hydrogens (tertiary/aromatic N) is 2. The third kappa shape index (κ3) is 16.0. The van der Waals surface area contributed by atoms with Gasteiger partial charge in [0.15, 0.2) is 11.5 Å². The molecule has 13 atom stereocenters. The molecule has 85 heavy (non-hydrogen) atoms. The van der Waals surface area contributed by atoms with Crippen molar-refractivity contribution in [1.29, 1.82) is 0 Å². The highest BCUT2D eigenvalue weighted by Gasteiger charge is 2.50. The lowest BCUT2D eigenvalue weighted by atomic mass is 9.98. The van der Waals surface area contributed by atoms with Crippen molar-refractivity contribution < 1.29 is 93.1 Å². The second kappa shape index (κ2) is 27.7. The summed E-state index contributed by atoms with van der Waals surface area (Å²) in [5, 5.41) is 92.9. The number of β-amino-alcohol motifs (C(OH)–C–C–N with tert-alkyl or cyclic N) is 1. The second-order valence-corrected chi connectivity index (χ2v) is 22.7. The van der Waals surface area contributed by atoms with Crippen LogP contribution < -0.4 is 42.4 Å². The molecule has 28 heteroatoms. The molecule has 0 aromatic heterocycles.